The second kappa shape index (κ2) is 9.52. The fourth-order valence-corrected chi connectivity index (χ4v) is 2.37. The third-order valence-corrected chi connectivity index (χ3v) is 3.93. The highest BCUT2D eigenvalue weighted by Gasteiger charge is 2.08. The number of anilines is 1. The minimum atomic E-state index is -1.82. The first-order chi connectivity index (χ1) is 13.3. The molecule has 0 bridgehead atoms. The predicted octanol–water partition coefficient (Wildman–Crippen LogP) is 3.65. The summed E-state index contributed by atoms with van der Waals surface area (Å²) in [6.45, 7) is 0.658. The summed E-state index contributed by atoms with van der Waals surface area (Å²) in [4.78, 5) is 22.6. The predicted molar refractivity (Wildman–Crippen MR) is 103 cm³/mol. The highest BCUT2D eigenvalue weighted by Crippen LogP contribution is 2.22. The lowest BCUT2D eigenvalue weighted by Crippen LogP contribution is -2.09. The van der Waals surface area contributed by atoms with Gasteiger partial charge in [-0.2, -0.15) is 0 Å². The zero-order valence-electron chi connectivity index (χ0n) is 14.8. The van der Waals surface area contributed by atoms with Gasteiger partial charge in [-0.1, -0.05) is 23.7 Å². The summed E-state index contributed by atoms with van der Waals surface area (Å²) in [5.41, 5.74) is 2.98. The molecule has 0 saturated heterocycles. The monoisotopic (exact) mass is 405 g/mol. The molecule has 0 aliphatic heterocycles. The van der Waals surface area contributed by atoms with E-state index in [-0.39, 0.29) is 5.82 Å². The van der Waals surface area contributed by atoms with E-state index in [0.29, 0.717) is 6.54 Å². The van der Waals surface area contributed by atoms with Gasteiger partial charge in [0.05, 0.1) is 11.9 Å². The minimum absolute atomic E-state index is 0.244. The normalized spacial score (nSPS) is 9.96. The van der Waals surface area contributed by atoms with Gasteiger partial charge in [0.15, 0.2) is 0 Å². The SMILES string of the molecule is Cn1c(-c2ccc(F)cc2)cnc1NCc1ccc(Cl)cc1.O=C(O)C(=O)O. The Morgan fingerprint density at radius 2 is 1.64 bits per heavy atom. The molecule has 0 unspecified atom stereocenters. The van der Waals surface area contributed by atoms with E-state index in [0.717, 1.165) is 27.8 Å². The van der Waals surface area contributed by atoms with Crippen molar-refractivity contribution < 1.29 is 24.2 Å². The van der Waals surface area contributed by atoms with Crippen molar-refractivity contribution >= 4 is 29.5 Å². The number of benzene rings is 2. The lowest BCUT2D eigenvalue weighted by atomic mass is 10.2. The van der Waals surface area contributed by atoms with Gasteiger partial charge in [-0.25, -0.2) is 19.0 Å². The lowest BCUT2D eigenvalue weighted by Gasteiger charge is -2.08. The van der Waals surface area contributed by atoms with Crippen LogP contribution in [-0.4, -0.2) is 31.7 Å². The van der Waals surface area contributed by atoms with E-state index in [1.54, 1.807) is 18.3 Å². The number of aliphatic carboxylic acids is 2. The molecule has 0 atom stereocenters. The number of carboxylic acid groups (broad SMARTS) is 2. The number of carboxylic acids is 2. The molecule has 9 heteroatoms. The van der Waals surface area contributed by atoms with Crippen LogP contribution in [-0.2, 0) is 23.2 Å². The van der Waals surface area contributed by atoms with Crippen molar-refractivity contribution in [3.05, 3.63) is 71.1 Å². The molecule has 0 amide bonds. The molecule has 0 fully saturated rings. The number of rotatable bonds is 4. The molecule has 2 aromatic carbocycles. The zero-order valence-corrected chi connectivity index (χ0v) is 15.5. The first-order valence-corrected chi connectivity index (χ1v) is 8.38. The third kappa shape index (κ3) is 5.82. The van der Waals surface area contributed by atoms with Crippen molar-refractivity contribution in [1.82, 2.24) is 9.55 Å². The van der Waals surface area contributed by atoms with Crippen molar-refractivity contribution in [2.24, 2.45) is 7.05 Å². The summed E-state index contributed by atoms with van der Waals surface area (Å²) in [6, 6.07) is 14.1. The Morgan fingerprint density at radius 1 is 1.07 bits per heavy atom. The maximum absolute atomic E-state index is 13.0. The standard InChI is InChI=1S/C17H15ClFN3.C2H2O4/c1-22-16(13-4-8-15(19)9-5-13)11-21-17(22)20-10-12-2-6-14(18)7-3-12;3-1(4)2(5)6/h2-9,11H,10H2,1H3,(H,20,21);(H,3,4)(H,5,6). The fourth-order valence-electron chi connectivity index (χ4n) is 2.25. The van der Waals surface area contributed by atoms with Crippen LogP contribution in [0.2, 0.25) is 5.02 Å². The van der Waals surface area contributed by atoms with E-state index in [4.69, 9.17) is 31.4 Å². The van der Waals surface area contributed by atoms with Gasteiger partial charge in [0.25, 0.3) is 0 Å². The van der Waals surface area contributed by atoms with Crippen LogP contribution < -0.4 is 5.32 Å². The Bertz CT molecular complexity index is 944. The molecule has 7 nitrogen and oxygen atoms in total. The quantitative estimate of drug-likeness (QED) is 0.572. The third-order valence-electron chi connectivity index (χ3n) is 3.68. The molecule has 1 aromatic heterocycles. The van der Waals surface area contributed by atoms with Crippen LogP contribution in [0.5, 0.6) is 0 Å². The highest BCUT2D eigenvalue weighted by molar-refractivity contribution is 6.30. The van der Waals surface area contributed by atoms with E-state index in [9.17, 15) is 4.39 Å². The second-order valence-electron chi connectivity index (χ2n) is 5.62. The van der Waals surface area contributed by atoms with Crippen molar-refractivity contribution in [2.75, 3.05) is 5.32 Å². The molecule has 0 saturated carbocycles. The van der Waals surface area contributed by atoms with Crippen molar-refractivity contribution in [3.8, 4) is 11.3 Å². The van der Waals surface area contributed by atoms with Crippen LogP contribution in [0.1, 0.15) is 5.56 Å². The number of nitrogens with one attached hydrogen (secondary N) is 1. The summed E-state index contributed by atoms with van der Waals surface area (Å²) in [6.07, 6.45) is 1.78. The van der Waals surface area contributed by atoms with Gasteiger partial charge in [0.2, 0.25) is 5.95 Å². The number of carbonyl (C=O) groups is 2. The van der Waals surface area contributed by atoms with Crippen LogP contribution in [0.25, 0.3) is 11.3 Å². The summed E-state index contributed by atoms with van der Waals surface area (Å²) < 4.78 is 14.9. The molecule has 146 valence electrons. The highest BCUT2D eigenvalue weighted by atomic mass is 35.5. The summed E-state index contributed by atoms with van der Waals surface area (Å²) >= 11 is 5.87. The van der Waals surface area contributed by atoms with Crippen molar-refractivity contribution in [1.29, 1.82) is 0 Å². The molecule has 28 heavy (non-hydrogen) atoms. The van der Waals surface area contributed by atoms with Crippen LogP contribution in [0, 0.1) is 5.82 Å². The number of hydrogen-bond donors (Lipinski definition) is 3. The number of aromatic nitrogens is 2. The Hall–Kier alpha value is -3.39. The Labute approximate surface area is 165 Å². The Kier molecular flexibility index (Phi) is 7.11. The topological polar surface area (TPSA) is 104 Å². The maximum atomic E-state index is 13.0. The Morgan fingerprint density at radius 3 is 2.18 bits per heavy atom. The van der Waals surface area contributed by atoms with Gasteiger partial charge < -0.3 is 20.1 Å². The molecule has 3 rings (SSSR count). The van der Waals surface area contributed by atoms with E-state index >= 15 is 0 Å². The molecular weight excluding hydrogens is 389 g/mol. The number of halogens is 2. The summed E-state index contributed by atoms with van der Waals surface area (Å²) in [7, 11) is 1.93. The van der Waals surface area contributed by atoms with Crippen molar-refractivity contribution in [2.45, 2.75) is 6.54 Å². The molecular formula is C19H17ClFN3O4. The van der Waals surface area contributed by atoms with Crippen LogP contribution in [0.3, 0.4) is 0 Å². The maximum Gasteiger partial charge on any atom is 0.414 e. The molecule has 0 spiro atoms. The average molecular weight is 406 g/mol. The summed E-state index contributed by atoms with van der Waals surface area (Å²) in [5, 5.41) is 18.8. The fraction of sp³-hybridized carbons (Fsp3) is 0.105. The first kappa shape index (κ1) is 20.9. The second-order valence-corrected chi connectivity index (χ2v) is 6.06. The van der Waals surface area contributed by atoms with Gasteiger partial charge in [-0.15, -0.1) is 0 Å². The van der Waals surface area contributed by atoms with Gasteiger partial charge >= 0.3 is 11.9 Å². The summed E-state index contributed by atoms with van der Waals surface area (Å²) in [5.74, 6) is -3.13. The molecule has 1 heterocycles. The van der Waals surface area contributed by atoms with Crippen LogP contribution in [0.4, 0.5) is 10.3 Å². The number of imidazole rings is 1. The molecule has 0 aliphatic rings. The Balaban J connectivity index is 0.000000409. The van der Waals surface area contributed by atoms with Gasteiger partial charge in [-0.05, 0) is 42.0 Å². The lowest BCUT2D eigenvalue weighted by molar-refractivity contribution is -0.159. The van der Waals surface area contributed by atoms with E-state index < -0.39 is 11.9 Å². The molecule has 3 aromatic rings. The van der Waals surface area contributed by atoms with Gasteiger partial charge in [0, 0.05) is 24.2 Å². The van der Waals surface area contributed by atoms with E-state index in [2.05, 4.69) is 10.3 Å². The van der Waals surface area contributed by atoms with E-state index in [1.165, 1.54) is 12.1 Å². The van der Waals surface area contributed by atoms with Gasteiger partial charge in [0.1, 0.15) is 5.82 Å². The van der Waals surface area contributed by atoms with Crippen LogP contribution >= 0.6 is 11.6 Å². The molecule has 0 aliphatic carbocycles. The average Bonchev–Trinajstić information content (AvgIpc) is 3.03. The smallest absolute Gasteiger partial charge is 0.414 e. The largest absolute Gasteiger partial charge is 0.473 e. The number of nitrogens with zero attached hydrogens (tertiary/aromatic N) is 2. The van der Waals surface area contributed by atoms with Gasteiger partial charge in [-0.3, -0.25) is 0 Å². The first-order valence-electron chi connectivity index (χ1n) is 8.00. The molecule has 0 radical (unpaired) electrons. The van der Waals surface area contributed by atoms with E-state index in [1.807, 2.05) is 35.9 Å². The van der Waals surface area contributed by atoms with Crippen molar-refractivity contribution in [3.63, 3.8) is 0 Å². The minimum Gasteiger partial charge on any atom is -0.473 e. The zero-order chi connectivity index (χ0) is 20.7. The number of hydrogen-bond acceptors (Lipinski definition) is 4. The van der Waals surface area contributed by atoms with Crippen LogP contribution in [0.15, 0.2) is 54.7 Å². The molecule has 3 N–H and O–H groups in total.